The van der Waals surface area contributed by atoms with Crippen LogP contribution in [0.2, 0.25) is 0 Å². The first-order valence-corrected chi connectivity index (χ1v) is 11.0. The van der Waals surface area contributed by atoms with Gasteiger partial charge in [-0.05, 0) is 68.0 Å². The van der Waals surface area contributed by atoms with Crippen molar-refractivity contribution in [3.63, 3.8) is 0 Å². The highest BCUT2D eigenvalue weighted by molar-refractivity contribution is 6.10. The molecule has 33 heavy (non-hydrogen) atoms. The van der Waals surface area contributed by atoms with Gasteiger partial charge >= 0.3 is 12.1 Å². The number of rotatable bonds is 6. The van der Waals surface area contributed by atoms with Gasteiger partial charge < -0.3 is 25.7 Å². The van der Waals surface area contributed by atoms with E-state index in [-0.39, 0.29) is 19.0 Å². The Balaban J connectivity index is 1.27. The van der Waals surface area contributed by atoms with E-state index in [1.54, 1.807) is 36.4 Å². The molecule has 1 aliphatic heterocycles. The molecule has 6 amide bonds. The lowest BCUT2D eigenvalue weighted by atomic mass is 9.77. The standard InChI is InChI=1S/C23H27N5O5/c1-15-8-10-23(11-9-15)20(30)28(22(32)27-23)14-19(29)25-16-4-6-17(7-5-16)26-21(31)24-13-18-3-2-12-33-18/h2-7,12,15H,8-11,13-14H2,1H3,(H,25,29)(H,27,32)(H2,24,26,31). The summed E-state index contributed by atoms with van der Waals surface area (Å²) in [6.45, 7) is 2.04. The van der Waals surface area contributed by atoms with E-state index < -0.39 is 23.5 Å². The smallest absolute Gasteiger partial charge is 0.325 e. The first kappa shape index (κ1) is 22.4. The number of amides is 6. The minimum atomic E-state index is -0.866. The molecule has 0 unspecified atom stereocenters. The fourth-order valence-electron chi connectivity index (χ4n) is 4.15. The Kier molecular flexibility index (Phi) is 6.34. The Labute approximate surface area is 191 Å². The summed E-state index contributed by atoms with van der Waals surface area (Å²) in [7, 11) is 0. The molecule has 4 rings (SSSR count). The van der Waals surface area contributed by atoms with Gasteiger partial charge in [0.15, 0.2) is 0 Å². The first-order chi connectivity index (χ1) is 15.8. The maximum Gasteiger partial charge on any atom is 0.325 e. The molecule has 1 saturated carbocycles. The molecule has 0 atom stereocenters. The molecule has 174 valence electrons. The molecule has 1 aliphatic carbocycles. The van der Waals surface area contributed by atoms with Gasteiger partial charge in [0.2, 0.25) is 5.91 Å². The van der Waals surface area contributed by atoms with E-state index in [1.807, 2.05) is 0 Å². The summed E-state index contributed by atoms with van der Waals surface area (Å²) < 4.78 is 5.15. The Morgan fingerprint density at radius 2 is 1.76 bits per heavy atom. The van der Waals surface area contributed by atoms with E-state index in [9.17, 15) is 19.2 Å². The molecule has 1 aromatic carbocycles. The van der Waals surface area contributed by atoms with Gasteiger partial charge in [-0.15, -0.1) is 0 Å². The number of hydrogen-bond donors (Lipinski definition) is 4. The molecular weight excluding hydrogens is 426 g/mol. The van der Waals surface area contributed by atoms with Crippen molar-refractivity contribution in [3.05, 3.63) is 48.4 Å². The van der Waals surface area contributed by atoms with Crippen molar-refractivity contribution >= 4 is 35.3 Å². The summed E-state index contributed by atoms with van der Waals surface area (Å²) in [5.41, 5.74) is 0.150. The van der Waals surface area contributed by atoms with Crippen LogP contribution in [-0.2, 0) is 16.1 Å². The highest BCUT2D eigenvalue weighted by atomic mass is 16.3. The van der Waals surface area contributed by atoms with Gasteiger partial charge in [0, 0.05) is 11.4 Å². The lowest BCUT2D eigenvalue weighted by Crippen LogP contribution is -2.49. The van der Waals surface area contributed by atoms with Crippen molar-refractivity contribution < 1.29 is 23.6 Å². The van der Waals surface area contributed by atoms with Crippen LogP contribution in [-0.4, -0.2) is 40.9 Å². The van der Waals surface area contributed by atoms with Crippen molar-refractivity contribution in [1.29, 1.82) is 0 Å². The van der Waals surface area contributed by atoms with Crippen LogP contribution in [0.5, 0.6) is 0 Å². The van der Waals surface area contributed by atoms with Gasteiger partial charge in [0.05, 0.1) is 12.8 Å². The summed E-state index contributed by atoms with van der Waals surface area (Å²) in [6.07, 6.45) is 4.46. The molecule has 1 spiro atoms. The summed E-state index contributed by atoms with van der Waals surface area (Å²) in [4.78, 5) is 50.7. The first-order valence-electron chi connectivity index (χ1n) is 11.0. The summed E-state index contributed by atoms with van der Waals surface area (Å²) in [6, 6.07) is 9.08. The largest absolute Gasteiger partial charge is 0.467 e. The van der Waals surface area contributed by atoms with Crippen LogP contribution in [0.3, 0.4) is 0 Å². The van der Waals surface area contributed by atoms with Gasteiger partial charge in [0.25, 0.3) is 5.91 Å². The maximum absolute atomic E-state index is 12.9. The van der Waals surface area contributed by atoms with E-state index in [4.69, 9.17) is 4.42 Å². The fraction of sp³-hybridized carbons (Fsp3) is 0.391. The number of carbonyl (C=O) groups excluding carboxylic acids is 4. The second-order valence-corrected chi connectivity index (χ2v) is 8.60. The Hall–Kier alpha value is -3.82. The minimum Gasteiger partial charge on any atom is -0.467 e. The average molecular weight is 453 g/mol. The number of anilines is 2. The van der Waals surface area contributed by atoms with Crippen molar-refractivity contribution in [2.75, 3.05) is 17.2 Å². The third-order valence-corrected chi connectivity index (χ3v) is 6.11. The number of carbonyl (C=O) groups is 4. The molecule has 10 nitrogen and oxygen atoms in total. The molecular formula is C23H27N5O5. The molecule has 1 saturated heterocycles. The number of benzene rings is 1. The third kappa shape index (κ3) is 5.16. The predicted molar refractivity (Wildman–Crippen MR) is 120 cm³/mol. The molecule has 2 aliphatic rings. The monoisotopic (exact) mass is 453 g/mol. The lowest BCUT2D eigenvalue weighted by molar-refractivity contribution is -0.135. The molecule has 0 bridgehead atoms. The SMILES string of the molecule is CC1CCC2(CC1)NC(=O)N(CC(=O)Nc1ccc(NC(=O)NCc3ccco3)cc1)C2=O. The fourth-order valence-corrected chi connectivity index (χ4v) is 4.15. The number of furan rings is 1. The van der Waals surface area contributed by atoms with Gasteiger partial charge in [-0.3, -0.25) is 14.5 Å². The number of nitrogens with zero attached hydrogens (tertiary/aromatic N) is 1. The maximum atomic E-state index is 12.9. The highest BCUT2D eigenvalue weighted by Crippen LogP contribution is 2.36. The molecule has 2 fully saturated rings. The van der Waals surface area contributed by atoms with Crippen LogP contribution in [0.1, 0.15) is 38.4 Å². The predicted octanol–water partition coefficient (Wildman–Crippen LogP) is 3.04. The average Bonchev–Trinajstić information content (AvgIpc) is 3.39. The second-order valence-electron chi connectivity index (χ2n) is 8.60. The van der Waals surface area contributed by atoms with Crippen LogP contribution in [0.4, 0.5) is 21.0 Å². The van der Waals surface area contributed by atoms with Crippen molar-refractivity contribution in [2.24, 2.45) is 5.92 Å². The normalized spacial score (nSPS) is 22.2. The molecule has 2 heterocycles. The molecule has 2 aromatic rings. The van der Waals surface area contributed by atoms with Crippen LogP contribution in [0.15, 0.2) is 47.1 Å². The zero-order chi connectivity index (χ0) is 23.4. The van der Waals surface area contributed by atoms with Gasteiger partial charge in [-0.1, -0.05) is 6.92 Å². The Morgan fingerprint density at radius 1 is 1.09 bits per heavy atom. The topological polar surface area (TPSA) is 133 Å². The zero-order valence-corrected chi connectivity index (χ0v) is 18.3. The molecule has 0 radical (unpaired) electrons. The number of hydrogen-bond acceptors (Lipinski definition) is 5. The summed E-state index contributed by atoms with van der Waals surface area (Å²) in [5, 5.41) is 10.8. The van der Waals surface area contributed by atoms with Crippen LogP contribution in [0, 0.1) is 5.92 Å². The van der Waals surface area contributed by atoms with E-state index in [0.717, 1.165) is 17.7 Å². The lowest BCUT2D eigenvalue weighted by Gasteiger charge is -2.33. The summed E-state index contributed by atoms with van der Waals surface area (Å²) >= 11 is 0. The van der Waals surface area contributed by atoms with Crippen molar-refractivity contribution in [1.82, 2.24) is 15.5 Å². The number of urea groups is 2. The van der Waals surface area contributed by atoms with E-state index in [2.05, 4.69) is 28.2 Å². The van der Waals surface area contributed by atoms with Gasteiger partial charge in [0.1, 0.15) is 17.8 Å². The van der Waals surface area contributed by atoms with E-state index >= 15 is 0 Å². The van der Waals surface area contributed by atoms with Crippen molar-refractivity contribution in [2.45, 2.75) is 44.7 Å². The van der Waals surface area contributed by atoms with Crippen molar-refractivity contribution in [3.8, 4) is 0 Å². The Morgan fingerprint density at radius 3 is 2.39 bits per heavy atom. The van der Waals surface area contributed by atoms with E-state index in [0.29, 0.717) is 35.9 Å². The second kappa shape index (κ2) is 9.35. The molecule has 4 N–H and O–H groups in total. The van der Waals surface area contributed by atoms with E-state index in [1.165, 1.54) is 6.26 Å². The quantitative estimate of drug-likeness (QED) is 0.499. The van der Waals surface area contributed by atoms with Gasteiger partial charge in [-0.25, -0.2) is 9.59 Å². The highest BCUT2D eigenvalue weighted by Gasteiger charge is 2.52. The summed E-state index contributed by atoms with van der Waals surface area (Å²) in [5.74, 6) is 0.362. The minimum absolute atomic E-state index is 0.260. The molecule has 1 aromatic heterocycles. The Bertz CT molecular complexity index is 1030. The van der Waals surface area contributed by atoms with Crippen LogP contribution >= 0.6 is 0 Å². The van der Waals surface area contributed by atoms with Gasteiger partial charge in [-0.2, -0.15) is 0 Å². The van der Waals surface area contributed by atoms with Crippen LogP contribution in [0.25, 0.3) is 0 Å². The third-order valence-electron chi connectivity index (χ3n) is 6.11. The van der Waals surface area contributed by atoms with Crippen LogP contribution < -0.4 is 21.3 Å². The zero-order valence-electron chi connectivity index (χ0n) is 18.3. The number of imide groups is 1. The molecule has 10 heteroatoms. The number of nitrogens with one attached hydrogen (secondary N) is 4.